The second-order valence-corrected chi connectivity index (χ2v) is 5.53. The van der Waals surface area contributed by atoms with Crippen molar-refractivity contribution < 1.29 is 15.0 Å². The van der Waals surface area contributed by atoms with Crippen molar-refractivity contribution in [2.24, 2.45) is 0 Å². The molecule has 0 saturated heterocycles. The van der Waals surface area contributed by atoms with Crippen molar-refractivity contribution in [2.45, 2.75) is 12.5 Å². The predicted octanol–water partition coefficient (Wildman–Crippen LogP) is 2.19. The first kappa shape index (κ1) is 13.6. The third-order valence-corrected chi connectivity index (χ3v) is 4.19. The SMILES string of the molecule is O=C(O)C1=C([O-])CC(c2ccccc2)n2c1nc1ccccc12. The maximum atomic E-state index is 12.4. The first-order valence-corrected chi connectivity index (χ1v) is 7.32. The maximum absolute atomic E-state index is 12.4. The normalized spacial score (nSPS) is 17.3. The molecule has 1 N–H and O–H groups in total. The van der Waals surface area contributed by atoms with Crippen molar-refractivity contribution in [1.82, 2.24) is 9.55 Å². The summed E-state index contributed by atoms with van der Waals surface area (Å²) >= 11 is 0. The zero-order valence-corrected chi connectivity index (χ0v) is 12.1. The highest BCUT2D eigenvalue weighted by Crippen LogP contribution is 2.38. The molecule has 1 unspecified atom stereocenters. The van der Waals surface area contributed by atoms with Gasteiger partial charge in [0.2, 0.25) is 0 Å². The average Bonchev–Trinajstić information content (AvgIpc) is 2.93. The first-order chi connectivity index (χ1) is 11.2. The molecule has 0 aliphatic carbocycles. The Bertz CT molecular complexity index is 941. The second-order valence-electron chi connectivity index (χ2n) is 5.53. The van der Waals surface area contributed by atoms with Gasteiger partial charge in [0.1, 0.15) is 5.82 Å². The molecule has 0 fully saturated rings. The molecule has 0 radical (unpaired) electrons. The summed E-state index contributed by atoms with van der Waals surface area (Å²) in [5.41, 5.74) is 2.27. The van der Waals surface area contributed by atoms with Crippen LogP contribution in [0.4, 0.5) is 0 Å². The summed E-state index contributed by atoms with van der Waals surface area (Å²) in [6, 6.07) is 16.8. The molecule has 0 spiro atoms. The van der Waals surface area contributed by atoms with Crippen LogP contribution < -0.4 is 5.11 Å². The van der Waals surface area contributed by atoms with Gasteiger partial charge in [-0.3, -0.25) is 0 Å². The Morgan fingerprint density at radius 1 is 1.13 bits per heavy atom. The Morgan fingerprint density at radius 2 is 1.83 bits per heavy atom. The molecule has 1 aliphatic rings. The standard InChI is InChI=1S/C18H14N2O3/c21-15-10-14(11-6-2-1-3-7-11)20-13-9-5-4-8-12(13)19-17(20)16(15)18(22)23/h1-9,14,21H,10H2,(H,22,23)/p-1. The highest BCUT2D eigenvalue weighted by Gasteiger charge is 2.30. The van der Waals surface area contributed by atoms with Gasteiger partial charge in [-0.1, -0.05) is 42.5 Å². The summed E-state index contributed by atoms with van der Waals surface area (Å²) in [5, 5.41) is 21.8. The molecule has 0 bridgehead atoms. The minimum Gasteiger partial charge on any atom is -0.875 e. The van der Waals surface area contributed by atoms with Crippen LogP contribution in [0.5, 0.6) is 0 Å². The van der Waals surface area contributed by atoms with Gasteiger partial charge in [0, 0.05) is 0 Å². The van der Waals surface area contributed by atoms with Crippen molar-refractivity contribution in [3.05, 3.63) is 71.7 Å². The number of carboxylic acids is 1. The van der Waals surface area contributed by atoms with E-state index in [1.807, 2.05) is 59.2 Å². The second kappa shape index (κ2) is 4.98. The molecule has 23 heavy (non-hydrogen) atoms. The minimum absolute atomic E-state index is 0.124. The summed E-state index contributed by atoms with van der Waals surface area (Å²) in [6.07, 6.45) is 0.124. The summed E-state index contributed by atoms with van der Waals surface area (Å²) in [4.78, 5) is 15.9. The van der Waals surface area contributed by atoms with E-state index >= 15 is 0 Å². The number of aliphatic carboxylic acids is 1. The van der Waals surface area contributed by atoms with Crippen molar-refractivity contribution in [2.75, 3.05) is 0 Å². The summed E-state index contributed by atoms with van der Waals surface area (Å²) in [5.74, 6) is -1.36. The van der Waals surface area contributed by atoms with Crippen LogP contribution in [0.1, 0.15) is 23.9 Å². The van der Waals surface area contributed by atoms with Crippen LogP contribution in [-0.4, -0.2) is 20.6 Å². The molecule has 3 aromatic rings. The van der Waals surface area contributed by atoms with E-state index in [2.05, 4.69) is 4.98 Å². The Hall–Kier alpha value is -3.08. The summed E-state index contributed by atoms with van der Waals surface area (Å²) in [7, 11) is 0. The fourth-order valence-electron chi connectivity index (χ4n) is 3.19. The van der Waals surface area contributed by atoms with Gasteiger partial charge in [-0.15, -0.1) is 5.76 Å². The van der Waals surface area contributed by atoms with E-state index in [0.29, 0.717) is 5.52 Å². The average molecular weight is 305 g/mol. The molecule has 1 aliphatic heterocycles. The van der Waals surface area contributed by atoms with E-state index in [1.54, 1.807) is 0 Å². The lowest BCUT2D eigenvalue weighted by molar-refractivity contribution is -0.307. The molecule has 5 heteroatoms. The molecular weight excluding hydrogens is 292 g/mol. The Morgan fingerprint density at radius 3 is 2.57 bits per heavy atom. The predicted molar refractivity (Wildman–Crippen MR) is 83.5 cm³/mol. The maximum Gasteiger partial charge on any atom is 0.338 e. The third kappa shape index (κ3) is 2.01. The van der Waals surface area contributed by atoms with Gasteiger partial charge in [-0.25, -0.2) is 9.78 Å². The number of benzene rings is 2. The quantitative estimate of drug-likeness (QED) is 0.787. The summed E-state index contributed by atoms with van der Waals surface area (Å²) in [6.45, 7) is 0. The number of para-hydroxylation sites is 2. The fourth-order valence-corrected chi connectivity index (χ4v) is 3.19. The van der Waals surface area contributed by atoms with E-state index in [1.165, 1.54) is 0 Å². The monoisotopic (exact) mass is 305 g/mol. The Labute approximate surface area is 132 Å². The first-order valence-electron chi connectivity index (χ1n) is 7.32. The van der Waals surface area contributed by atoms with Crippen LogP contribution in [0.15, 0.2) is 60.4 Å². The number of aromatic nitrogens is 2. The largest absolute Gasteiger partial charge is 0.875 e. The lowest BCUT2D eigenvalue weighted by Gasteiger charge is -2.31. The van der Waals surface area contributed by atoms with Gasteiger partial charge in [0.15, 0.2) is 0 Å². The smallest absolute Gasteiger partial charge is 0.338 e. The number of nitrogens with zero attached hydrogens (tertiary/aromatic N) is 2. The van der Waals surface area contributed by atoms with Crippen LogP contribution in [0.25, 0.3) is 16.6 Å². The molecule has 5 nitrogen and oxygen atoms in total. The van der Waals surface area contributed by atoms with Gasteiger partial charge in [0.25, 0.3) is 0 Å². The number of hydrogen-bond donors (Lipinski definition) is 1. The number of imidazole rings is 1. The highest BCUT2D eigenvalue weighted by atomic mass is 16.4. The van der Waals surface area contributed by atoms with Crippen LogP contribution in [0.3, 0.4) is 0 Å². The number of carbonyl (C=O) groups is 1. The number of carboxylic acid groups (broad SMARTS) is 1. The number of allylic oxidation sites excluding steroid dienone is 1. The molecule has 2 aromatic carbocycles. The van der Waals surface area contributed by atoms with Gasteiger partial charge < -0.3 is 14.8 Å². The van der Waals surface area contributed by atoms with E-state index in [-0.39, 0.29) is 29.6 Å². The molecule has 0 saturated carbocycles. The van der Waals surface area contributed by atoms with Crippen molar-refractivity contribution in [3.8, 4) is 0 Å². The van der Waals surface area contributed by atoms with E-state index < -0.39 is 5.97 Å². The number of fused-ring (bicyclic) bond motifs is 3. The Balaban J connectivity index is 2.04. The van der Waals surface area contributed by atoms with E-state index in [9.17, 15) is 15.0 Å². The van der Waals surface area contributed by atoms with Crippen molar-refractivity contribution >= 4 is 22.6 Å². The number of rotatable bonds is 2. The zero-order valence-electron chi connectivity index (χ0n) is 12.1. The van der Waals surface area contributed by atoms with E-state index in [0.717, 1.165) is 11.1 Å². The van der Waals surface area contributed by atoms with Crippen LogP contribution >= 0.6 is 0 Å². The molecule has 1 aromatic heterocycles. The lowest BCUT2D eigenvalue weighted by Crippen LogP contribution is -2.27. The molecule has 0 amide bonds. The molecule has 1 atom stereocenters. The number of hydrogen-bond acceptors (Lipinski definition) is 3. The highest BCUT2D eigenvalue weighted by molar-refractivity contribution is 6.15. The van der Waals surface area contributed by atoms with Crippen molar-refractivity contribution in [3.63, 3.8) is 0 Å². The van der Waals surface area contributed by atoms with Crippen LogP contribution in [-0.2, 0) is 4.79 Å². The Kier molecular flexibility index (Phi) is 2.94. The van der Waals surface area contributed by atoms with Crippen LogP contribution in [0.2, 0.25) is 0 Å². The van der Waals surface area contributed by atoms with Gasteiger partial charge in [0.05, 0.1) is 22.6 Å². The van der Waals surface area contributed by atoms with Crippen molar-refractivity contribution in [1.29, 1.82) is 0 Å². The zero-order chi connectivity index (χ0) is 16.0. The fraction of sp³-hybridized carbons (Fsp3) is 0.111. The third-order valence-electron chi connectivity index (χ3n) is 4.19. The molecule has 114 valence electrons. The minimum atomic E-state index is -1.22. The van der Waals surface area contributed by atoms with E-state index in [4.69, 9.17) is 0 Å². The van der Waals surface area contributed by atoms with Gasteiger partial charge in [-0.05, 0) is 24.1 Å². The topological polar surface area (TPSA) is 78.2 Å². The lowest BCUT2D eigenvalue weighted by atomic mass is 9.96. The summed E-state index contributed by atoms with van der Waals surface area (Å²) < 4.78 is 1.87. The molecule has 2 heterocycles. The van der Waals surface area contributed by atoms with Gasteiger partial charge in [-0.2, -0.15) is 0 Å². The molecule has 4 rings (SSSR count). The van der Waals surface area contributed by atoms with Gasteiger partial charge >= 0.3 is 5.97 Å². The van der Waals surface area contributed by atoms with Crippen LogP contribution in [0, 0.1) is 0 Å². The molecular formula is C18H13N2O3-.